The Balaban J connectivity index is 1.92. The van der Waals surface area contributed by atoms with Crippen LogP contribution in [0.5, 0.6) is 0 Å². The van der Waals surface area contributed by atoms with Gasteiger partial charge in [0.25, 0.3) is 5.91 Å². The molecule has 0 aromatic carbocycles. The minimum Gasteiger partial charge on any atom is -0.392 e. The van der Waals surface area contributed by atoms with Gasteiger partial charge in [0.2, 0.25) is 10.0 Å². The molecular weight excluding hydrogens is 328 g/mol. The van der Waals surface area contributed by atoms with Crippen LogP contribution in [0, 0.1) is 0 Å². The molecule has 0 unspecified atom stereocenters. The zero-order valence-electron chi connectivity index (χ0n) is 12.3. The topological polar surface area (TPSA) is 95.9 Å². The minimum absolute atomic E-state index is 0.0348. The van der Waals surface area contributed by atoms with Gasteiger partial charge in [0.15, 0.2) is 0 Å². The van der Waals surface area contributed by atoms with Crippen molar-refractivity contribution in [3.63, 3.8) is 0 Å². The zero-order valence-corrected chi connectivity index (χ0v) is 13.9. The molecule has 1 saturated heterocycles. The molecule has 7 nitrogen and oxygen atoms in total. The molecule has 2 atom stereocenters. The lowest BCUT2D eigenvalue weighted by molar-refractivity contribution is -0.0108. The molecule has 1 fully saturated rings. The summed E-state index contributed by atoms with van der Waals surface area (Å²) < 4.78 is 31.6. The molecule has 1 aromatic rings. The van der Waals surface area contributed by atoms with Gasteiger partial charge in [0.1, 0.15) is 0 Å². The van der Waals surface area contributed by atoms with Crippen molar-refractivity contribution in [2.45, 2.75) is 19.1 Å². The molecule has 0 aliphatic carbocycles. The fourth-order valence-electron chi connectivity index (χ4n) is 2.11. The van der Waals surface area contributed by atoms with Crippen molar-refractivity contribution in [3.05, 3.63) is 22.4 Å². The van der Waals surface area contributed by atoms with Gasteiger partial charge in [0, 0.05) is 19.6 Å². The molecule has 22 heavy (non-hydrogen) atoms. The summed E-state index contributed by atoms with van der Waals surface area (Å²) in [6.07, 6.45) is -1.32. The van der Waals surface area contributed by atoms with Gasteiger partial charge in [-0.25, -0.2) is 13.1 Å². The molecule has 0 radical (unpaired) electrons. The number of ether oxygens (including phenoxy) is 1. The van der Waals surface area contributed by atoms with Crippen molar-refractivity contribution in [1.29, 1.82) is 0 Å². The van der Waals surface area contributed by atoms with Gasteiger partial charge in [-0.15, -0.1) is 11.3 Å². The maximum atomic E-state index is 12.3. The second-order valence-electron chi connectivity index (χ2n) is 5.20. The fraction of sp³-hybridized carbons (Fsp3) is 0.615. The van der Waals surface area contributed by atoms with Crippen molar-refractivity contribution < 1.29 is 23.1 Å². The molecule has 1 amide bonds. The Morgan fingerprint density at radius 2 is 2.41 bits per heavy atom. The summed E-state index contributed by atoms with van der Waals surface area (Å²) in [7, 11) is -3.55. The maximum absolute atomic E-state index is 12.3. The largest absolute Gasteiger partial charge is 0.392 e. The monoisotopic (exact) mass is 348 g/mol. The molecule has 0 saturated carbocycles. The molecule has 1 aliphatic heterocycles. The number of aliphatic hydroxyl groups excluding tert-OH is 1. The Morgan fingerprint density at radius 3 is 3.05 bits per heavy atom. The van der Waals surface area contributed by atoms with E-state index in [1.54, 1.807) is 17.0 Å². The summed E-state index contributed by atoms with van der Waals surface area (Å²) in [5.41, 5.74) is 0. The lowest BCUT2D eigenvalue weighted by Crippen LogP contribution is -2.49. The molecule has 2 rings (SSSR count). The van der Waals surface area contributed by atoms with Crippen LogP contribution >= 0.6 is 11.3 Å². The lowest BCUT2D eigenvalue weighted by Gasteiger charge is -2.32. The van der Waals surface area contributed by atoms with E-state index in [1.165, 1.54) is 18.3 Å². The van der Waals surface area contributed by atoms with Crippen LogP contribution in [0.25, 0.3) is 0 Å². The van der Waals surface area contributed by atoms with Crippen molar-refractivity contribution in [3.8, 4) is 0 Å². The highest BCUT2D eigenvalue weighted by Gasteiger charge is 2.29. The number of sulfonamides is 1. The number of carbonyl (C=O) groups excluding carboxylic acids is 1. The van der Waals surface area contributed by atoms with Gasteiger partial charge >= 0.3 is 0 Å². The van der Waals surface area contributed by atoms with Crippen LogP contribution in [0.15, 0.2) is 17.5 Å². The Labute approximate surface area is 133 Å². The fourth-order valence-corrected chi connectivity index (χ4v) is 4.11. The summed E-state index contributed by atoms with van der Waals surface area (Å²) in [5.74, 6) is -0.328. The number of rotatable bonds is 6. The van der Waals surface area contributed by atoms with Crippen LogP contribution in [-0.4, -0.2) is 68.5 Å². The number of nitrogens with one attached hydrogen (secondary N) is 1. The quantitative estimate of drug-likeness (QED) is 0.748. The summed E-state index contributed by atoms with van der Waals surface area (Å²) in [6, 6.07) is 3.55. The van der Waals surface area contributed by atoms with Crippen LogP contribution in [-0.2, 0) is 14.8 Å². The molecule has 124 valence electrons. The molecule has 2 heterocycles. The predicted octanol–water partition coefficient (Wildman–Crippen LogP) is -0.111. The highest BCUT2D eigenvalue weighted by atomic mass is 32.2. The molecule has 0 spiro atoms. The predicted molar refractivity (Wildman–Crippen MR) is 83.4 cm³/mol. The third kappa shape index (κ3) is 5.03. The van der Waals surface area contributed by atoms with Gasteiger partial charge < -0.3 is 14.7 Å². The first-order chi connectivity index (χ1) is 10.4. The minimum atomic E-state index is -3.55. The standard InChI is InChI=1S/C13H20N2O5S2/c1-10(16)7-14-22(18,19)9-11-8-15(4-5-20-11)13(17)12-3-2-6-21-12/h2-3,6,10-11,14,16H,4-5,7-9H2,1H3/t10-,11+/m1/s1. The molecule has 1 aliphatic rings. The van der Waals surface area contributed by atoms with Crippen LogP contribution in [0.2, 0.25) is 0 Å². The van der Waals surface area contributed by atoms with Crippen LogP contribution < -0.4 is 4.72 Å². The van der Waals surface area contributed by atoms with E-state index in [9.17, 15) is 13.2 Å². The Bertz CT molecular complexity index is 586. The summed E-state index contributed by atoms with van der Waals surface area (Å²) in [4.78, 5) is 14.5. The van der Waals surface area contributed by atoms with E-state index in [2.05, 4.69) is 4.72 Å². The molecular formula is C13H20N2O5S2. The van der Waals surface area contributed by atoms with E-state index in [1.807, 2.05) is 5.38 Å². The summed E-state index contributed by atoms with van der Waals surface area (Å²) in [5, 5.41) is 11.0. The Kier molecular flexibility index (Phi) is 5.93. The maximum Gasteiger partial charge on any atom is 0.264 e. The highest BCUT2D eigenvalue weighted by molar-refractivity contribution is 7.89. The van der Waals surface area contributed by atoms with Crippen LogP contribution in [0.4, 0.5) is 0 Å². The molecule has 2 N–H and O–H groups in total. The van der Waals surface area contributed by atoms with E-state index >= 15 is 0 Å². The van der Waals surface area contributed by atoms with Gasteiger partial charge in [-0.2, -0.15) is 0 Å². The van der Waals surface area contributed by atoms with Crippen molar-refractivity contribution in [2.24, 2.45) is 0 Å². The van der Waals surface area contributed by atoms with Crippen LogP contribution in [0.3, 0.4) is 0 Å². The van der Waals surface area contributed by atoms with E-state index < -0.39 is 22.2 Å². The lowest BCUT2D eigenvalue weighted by atomic mass is 10.3. The molecule has 0 bridgehead atoms. The molecule has 9 heteroatoms. The van der Waals surface area contributed by atoms with Gasteiger partial charge in [-0.1, -0.05) is 6.07 Å². The van der Waals surface area contributed by atoms with E-state index in [0.717, 1.165) is 0 Å². The van der Waals surface area contributed by atoms with Crippen molar-refractivity contribution in [2.75, 3.05) is 32.0 Å². The third-order valence-electron chi connectivity index (χ3n) is 3.16. The van der Waals surface area contributed by atoms with E-state index in [-0.39, 0.29) is 24.7 Å². The zero-order chi connectivity index (χ0) is 16.2. The normalized spacial score (nSPS) is 20.8. The Morgan fingerprint density at radius 1 is 1.64 bits per heavy atom. The second-order valence-corrected chi connectivity index (χ2v) is 8.00. The Hall–Kier alpha value is -1.00. The number of amides is 1. The third-order valence-corrected chi connectivity index (χ3v) is 5.44. The number of aliphatic hydroxyl groups is 1. The first-order valence-electron chi connectivity index (χ1n) is 6.97. The smallest absolute Gasteiger partial charge is 0.264 e. The van der Waals surface area contributed by atoms with Gasteiger partial charge in [0.05, 0.1) is 29.4 Å². The van der Waals surface area contributed by atoms with Gasteiger partial charge in [-0.3, -0.25) is 4.79 Å². The number of hydrogen-bond donors (Lipinski definition) is 2. The second kappa shape index (κ2) is 7.51. The van der Waals surface area contributed by atoms with Crippen LogP contribution in [0.1, 0.15) is 16.6 Å². The number of morpholine rings is 1. The average Bonchev–Trinajstić information content (AvgIpc) is 2.98. The van der Waals surface area contributed by atoms with E-state index in [0.29, 0.717) is 18.0 Å². The number of carbonyl (C=O) groups is 1. The van der Waals surface area contributed by atoms with Crippen molar-refractivity contribution in [1.82, 2.24) is 9.62 Å². The molecule has 1 aromatic heterocycles. The number of nitrogens with zero attached hydrogens (tertiary/aromatic N) is 1. The van der Waals surface area contributed by atoms with Crippen molar-refractivity contribution >= 4 is 27.3 Å². The summed E-state index contributed by atoms with van der Waals surface area (Å²) in [6.45, 7) is 2.47. The first kappa shape index (κ1) is 17.4. The number of thiophene rings is 1. The first-order valence-corrected chi connectivity index (χ1v) is 9.50. The number of hydrogen-bond acceptors (Lipinski definition) is 6. The summed E-state index contributed by atoms with van der Waals surface area (Å²) >= 11 is 1.36. The van der Waals surface area contributed by atoms with Gasteiger partial charge in [-0.05, 0) is 18.4 Å². The van der Waals surface area contributed by atoms with E-state index in [4.69, 9.17) is 9.84 Å². The average molecular weight is 348 g/mol. The highest BCUT2D eigenvalue weighted by Crippen LogP contribution is 2.15. The SMILES string of the molecule is C[C@@H](O)CNS(=O)(=O)C[C@@H]1CN(C(=O)c2cccs2)CCO1.